The molecular weight excluding hydrogens is 326 g/mol. The Hall–Kier alpha value is -0.692. The monoisotopic (exact) mass is 335 g/mol. The minimum absolute atomic E-state index is 0. The molecule has 0 N–H and O–H groups in total. The molecule has 1 aromatic rings. The number of nitrogens with zero attached hydrogens (tertiary/aromatic N) is 1. The van der Waals surface area contributed by atoms with Gasteiger partial charge in [0.25, 0.3) is 0 Å². The summed E-state index contributed by atoms with van der Waals surface area (Å²) in [6, 6.07) is 7.26. The van der Waals surface area contributed by atoms with Gasteiger partial charge in [-0.3, -0.25) is 10.1 Å². The van der Waals surface area contributed by atoms with Crippen molar-refractivity contribution in [2.24, 2.45) is 0 Å². The molecule has 0 heterocycles. The second-order valence-electron chi connectivity index (χ2n) is 2.01. The summed E-state index contributed by atoms with van der Waals surface area (Å²) in [7, 11) is 0. The molecule has 12 heavy (non-hydrogen) atoms. The molecule has 0 amide bonds. The molecule has 0 spiro atoms. The molecule has 0 aromatic heterocycles. The third kappa shape index (κ3) is 3.63. The molecule has 0 atom stereocenters. The molecule has 0 fully saturated rings. The van der Waals surface area contributed by atoms with Gasteiger partial charge in [0.2, 0.25) is 0 Å². The van der Waals surface area contributed by atoms with Crippen molar-refractivity contribution in [2.75, 3.05) is 0 Å². The Morgan fingerprint density at radius 3 is 2.42 bits per heavy atom. The van der Waals surface area contributed by atoms with Crippen molar-refractivity contribution < 1.29 is 26.0 Å². The van der Waals surface area contributed by atoms with Crippen molar-refractivity contribution in [1.82, 2.24) is 0 Å². The van der Waals surface area contributed by atoms with E-state index in [1.165, 1.54) is 6.07 Å². The summed E-state index contributed by atoms with van der Waals surface area (Å²) in [5, 5.41) is 10.1. The van der Waals surface area contributed by atoms with Gasteiger partial charge in [0.05, 0.1) is 0 Å². The predicted molar refractivity (Wildman–Crippen MR) is 43.1 cm³/mol. The number of hydrogen-bond donors (Lipinski definition) is 0. The number of nitro benzene ring substituents is 1. The molecule has 1 aromatic carbocycles. The van der Waals surface area contributed by atoms with Gasteiger partial charge in [-0.25, -0.2) is 0 Å². The van der Waals surface area contributed by atoms with Crippen LogP contribution in [-0.4, -0.2) is 4.92 Å². The second-order valence-corrected chi connectivity index (χ2v) is 2.01. The largest absolute Gasteiger partial charge is 2.00 e. The van der Waals surface area contributed by atoms with Crippen molar-refractivity contribution in [3.05, 3.63) is 47.4 Å². The maximum absolute atomic E-state index is 10.1. The van der Waals surface area contributed by atoms with Gasteiger partial charge in [-0.05, 0) is 0 Å². The normalized spacial score (nSPS) is 7.75. The zero-order valence-corrected chi connectivity index (χ0v) is 9.84. The Morgan fingerprint density at radius 1 is 1.50 bits per heavy atom. The topological polar surface area (TPSA) is 43.1 Å². The molecule has 0 bridgehead atoms. The number of nitro groups is 1. The molecule has 0 aliphatic carbocycles. The number of rotatable bonds is 1. The average molecular weight is 335 g/mol. The summed E-state index contributed by atoms with van der Waals surface area (Å²) in [6.45, 7) is 1.86. The fourth-order valence-electron chi connectivity index (χ4n) is 0.608. The third-order valence-corrected chi connectivity index (χ3v) is 1.15. The van der Waals surface area contributed by atoms with Crippen LogP contribution in [0.1, 0.15) is 5.56 Å². The van der Waals surface area contributed by atoms with Gasteiger partial charge < -0.3 is 7.43 Å². The van der Waals surface area contributed by atoms with Crippen LogP contribution in [0.2, 0.25) is 0 Å². The number of hydrogen-bond acceptors (Lipinski definition) is 2. The van der Waals surface area contributed by atoms with E-state index in [9.17, 15) is 10.1 Å². The SMILES string of the molecule is Cc1c[c-]c([N+](=O)[O-])cc1.[CH3-].[W+2]. The van der Waals surface area contributed by atoms with E-state index >= 15 is 0 Å². The van der Waals surface area contributed by atoms with E-state index in [1.54, 1.807) is 12.1 Å². The van der Waals surface area contributed by atoms with Gasteiger partial charge in [-0.15, -0.1) is 6.07 Å². The summed E-state index contributed by atoms with van der Waals surface area (Å²) in [5.74, 6) is 0. The second kappa shape index (κ2) is 5.90. The Morgan fingerprint density at radius 2 is 2.08 bits per heavy atom. The smallest absolute Gasteiger partial charge is 0.358 e. The van der Waals surface area contributed by atoms with Gasteiger partial charge >= 0.3 is 21.1 Å². The molecule has 0 radical (unpaired) electrons. The molecule has 1 rings (SSSR count). The molecular formula is C8H9NO2W. The zero-order valence-electron chi connectivity index (χ0n) is 6.90. The van der Waals surface area contributed by atoms with Gasteiger partial charge in [-0.2, -0.15) is 17.7 Å². The Kier molecular flexibility index (Phi) is 6.81. The summed E-state index contributed by atoms with van der Waals surface area (Å²) in [6.07, 6.45) is 0. The average Bonchev–Trinajstić information content (AvgIpc) is 1.88. The number of non-ortho nitro benzene ring substituents is 1. The van der Waals surface area contributed by atoms with Crippen LogP contribution in [0.4, 0.5) is 5.69 Å². The molecule has 4 heteroatoms. The summed E-state index contributed by atoms with van der Waals surface area (Å²) < 4.78 is 0. The van der Waals surface area contributed by atoms with Gasteiger partial charge in [-0.1, -0.05) is 13.0 Å². The van der Waals surface area contributed by atoms with Crippen LogP contribution in [0.25, 0.3) is 0 Å². The zero-order chi connectivity index (χ0) is 7.56. The van der Waals surface area contributed by atoms with E-state index < -0.39 is 4.92 Å². The molecule has 0 saturated carbocycles. The molecule has 0 saturated heterocycles. The third-order valence-electron chi connectivity index (χ3n) is 1.15. The van der Waals surface area contributed by atoms with Crippen LogP contribution < -0.4 is 0 Å². The Bertz CT molecular complexity index is 246. The van der Waals surface area contributed by atoms with E-state index in [0.717, 1.165) is 5.56 Å². The van der Waals surface area contributed by atoms with E-state index in [4.69, 9.17) is 0 Å². The maximum atomic E-state index is 10.1. The Balaban J connectivity index is 0. The first-order valence-electron chi connectivity index (χ1n) is 2.83. The van der Waals surface area contributed by atoms with Gasteiger partial charge in [0.1, 0.15) is 0 Å². The standard InChI is InChI=1S/C7H6NO2.CH3.W/c1-6-2-4-7(5-3-6)8(9)10;;/h2-4H,1H3;1H3;/q2*-1;+2. The van der Waals surface area contributed by atoms with Crippen LogP contribution in [-0.2, 0) is 21.1 Å². The number of aryl methyl sites for hydroxylation is 1. The van der Waals surface area contributed by atoms with Crippen LogP contribution in [0.3, 0.4) is 0 Å². The maximum Gasteiger partial charge on any atom is 2.00 e. The molecule has 3 nitrogen and oxygen atoms in total. The van der Waals surface area contributed by atoms with E-state index in [1.807, 2.05) is 6.92 Å². The first-order valence-corrected chi connectivity index (χ1v) is 2.83. The van der Waals surface area contributed by atoms with Gasteiger partial charge in [0, 0.05) is 4.92 Å². The number of benzene rings is 1. The fourth-order valence-corrected chi connectivity index (χ4v) is 0.608. The van der Waals surface area contributed by atoms with Gasteiger partial charge in [0.15, 0.2) is 5.69 Å². The predicted octanol–water partition coefficient (Wildman–Crippen LogP) is 2.15. The molecule has 0 unspecified atom stereocenters. The summed E-state index contributed by atoms with van der Waals surface area (Å²) in [5.41, 5.74) is 0.996. The molecule has 0 aliphatic heterocycles. The van der Waals surface area contributed by atoms with Crippen molar-refractivity contribution in [1.29, 1.82) is 0 Å². The van der Waals surface area contributed by atoms with Crippen LogP contribution in [0, 0.1) is 30.5 Å². The van der Waals surface area contributed by atoms with Crippen molar-refractivity contribution in [3.63, 3.8) is 0 Å². The van der Waals surface area contributed by atoms with E-state index in [0.29, 0.717) is 0 Å². The van der Waals surface area contributed by atoms with Crippen LogP contribution >= 0.6 is 0 Å². The quantitative estimate of drug-likeness (QED) is 0.448. The minimum Gasteiger partial charge on any atom is -0.358 e. The van der Waals surface area contributed by atoms with E-state index in [-0.39, 0.29) is 34.2 Å². The first-order chi connectivity index (χ1) is 4.70. The molecule has 0 aliphatic rings. The summed E-state index contributed by atoms with van der Waals surface area (Å²) in [4.78, 5) is 9.63. The van der Waals surface area contributed by atoms with Crippen LogP contribution in [0.15, 0.2) is 18.2 Å². The minimum atomic E-state index is -0.459. The van der Waals surface area contributed by atoms with Crippen LogP contribution in [0.5, 0.6) is 0 Å². The Labute approximate surface area is 86.2 Å². The summed E-state index contributed by atoms with van der Waals surface area (Å²) >= 11 is 0. The van der Waals surface area contributed by atoms with Crippen molar-refractivity contribution in [3.8, 4) is 0 Å². The van der Waals surface area contributed by atoms with Crippen molar-refractivity contribution in [2.45, 2.75) is 6.92 Å². The van der Waals surface area contributed by atoms with Crippen molar-refractivity contribution >= 4 is 5.69 Å². The molecule has 64 valence electrons. The fraction of sp³-hybridized carbons (Fsp3) is 0.125. The first kappa shape index (κ1) is 13.9. The van der Waals surface area contributed by atoms with E-state index in [2.05, 4.69) is 6.07 Å².